The van der Waals surface area contributed by atoms with E-state index in [0.717, 1.165) is 18.4 Å². The molecule has 1 aliphatic carbocycles. The molecule has 0 spiro atoms. The van der Waals surface area contributed by atoms with Gasteiger partial charge in [-0.15, -0.1) is 0 Å². The minimum Gasteiger partial charge on any atom is -0.489 e. The van der Waals surface area contributed by atoms with Crippen LogP contribution in [0.1, 0.15) is 48.0 Å². The van der Waals surface area contributed by atoms with Crippen molar-refractivity contribution in [3.05, 3.63) is 65.7 Å². The predicted octanol–water partition coefficient (Wildman–Crippen LogP) is 4.28. The average Bonchev–Trinajstić information content (AvgIpc) is 3.23. The van der Waals surface area contributed by atoms with E-state index < -0.39 is 11.9 Å². The fourth-order valence-electron chi connectivity index (χ4n) is 3.68. The van der Waals surface area contributed by atoms with Crippen molar-refractivity contribution in [2.24, 2.45) is 11.8 Å². The number of aliphatic carboxylic acids is 1. The van der Waals surface area contributed by atoms with Crippen LogP contribution in [-0.2, 0) is 11.4 Å². The Kier molecular flexibility index (Phi) is 7.06. The van der Waals surface area contributed by atoms with E-state index in [4.69, 9.17) is 4.74 Å². The molecule has 1 amide bonds. The number of carbonyl (C=O) groups is 2. The van der Waals surface area contributed by atoms with Crippen LogP contribution in [-0.4, -0.2) is 23.5 Å². The van der Waals surface area contributed by atoms with E-state index in [2.05, 4.69) is 5.32 Å². The molecule has 2 N–H and O–H groups in total. The molecule has 1 aliphatic rings. The molecular weight excluding hydrogens is 354 g/mol. The SMILES string of the molecule is O=C(NCC(CC1CCCC1)C(=O)O)c1ccc(OCc2ccccc2)cc1. The second-order valence-corrected chi connectivity index (χ2v) is 7.43. The lowest BCUT2D eigenvalue weighted by Crippen LogP contribution is -2.33. The van der Waals surface area contributed by atoms with Crippen LogP contribution in [0.15, 0.2) is 54.6 Å². The van der Waals surface area contributed by atoms with Gasteiger partial charge in [0, 0.05) is 12.1 Å². The molecule has 5 nitrogen and oxygen atoms in total. The summed E-state index contributed by atoms with van der Waals surface area (Å²) in [5, 5.41) is 12.2. The molecule has 2 aromatic rings. The number of carboxylic acids is 1. The normalized spacial score (nSPS) is 15.1. The molecule has 1 atom stereocenters. The molecule has 0 aliphatic heterocycles. The van der Waals surface area contributed by atoms with Crippen molar-refractivity contribution in [2.75, 3.05) is 6.54 Å². The Hall–Kier alpha value is -2.82. The highest BCUT2D eigenvalue weighted by molar-refractivity contribution is 5.94. The van der Waals surface area contributed by atoms with Crippen LogP contribution in [0.2, 0.25) is 0 Å². The Balaban J connectivity index is 1.48. The molecule has 0 saturated heterocycles. The number of amides is 1. The van der Waals surface area contributed by atoms with Gasteiger partial charge in [0.25, 0.3) is 5.91 Å². The summed E-state index contributed by atoms with van der Waals surface area (Å²) in [5.41, 5.74) is 1.57. The van der Waals surface area contributed by atoms with Crippen molar-refractivity contribution >= 4 is 11.9 Å². The molecule has 0 radical (unpaired) electrons. The van der Waals surface area contributed by atoms with Gasteiger partial charge in [-0.3, -0.25) is 9.59 Å². The largest absolute Gasteiger partial charge is 0.489 e. The molecule has 1 saturated carbocycles. The molecule has 148 valence electrons. The van der Waals surface area contributed by atoms with E-state index in [0.29, 0.717) is 30.3 Å². The Bertz CT molecular complexity index is 767. The van der Waals surface area contributed by atoms with E-state index in [1.165, 1.54) is 12.8 Å². The van der Waals surface area contributed by atoms with Crippen molar-refractivity contribution in [2.45, 2.75) is 38.7 Å². The zero-order valence-electron chi connectivity index (χ0n) is 16.0. The monoisotopic (exact) mass is 381 g/mol. The van der Waals surface area contributed by atoms with E-state index in [-0.39, 0.29) is 12.5 Å². The molecule has 5 heteroatoms. The highest BCUT2D eigenvalue weighted by Gasteiger charge is 2.25. The second-order valence-electron chi connectivity index (χ2n) is 7.43. The van der Waals surface area contributed by atoms with Crippen LogP contribution in [0, 0.1) is 11.8 Å². The summed E-state index contributed by atoms with van der Waals surface area (Å²) in [6, 6.07) is 16.8. The van der Waals surface area contributed by atoms with Gasteiger partial charge in [0.2, 0.25) is 0 Å². The third-order valence-corrected chi connectivity index (χ3v) is 5.32. The molecule has 28 heavy (non-hydrogen) atoms. The van der Waals surface area contributed by atoms with E-state index >= 15 is 0 Å². The minimum absolute atomic E-state index is 0.164. The first-order valence-corrected chi connectivity index (χ1v) is 9.89. The number of rotatable bonds is 9. The summed E-state index contributed by atoms with van der Waals surface area (Å²) in [4.78, 5) is 23.9. The van der Waals surface area contributed by atoms with E-state index in [1.807, 2.05) is 30.3 Å². The van der Waals surface area contributed by atoms with Crippen LogP contribution >= 0.6 is 0 Å². The highest BCUT2D eigenvalue weighted by Crippen LogP contribution is 2.30. The summed E-state index contributed by atoms with van der Waals surface area (Å²) in [7, 11) is 0. The first-order chi connectivity index (χ1) is 13.6. The summed E-state index contributed by atoms with van der Waals surface area (Å²) < 4.78 is 5.72. The third-order valence-electron chi connectivity index (χ3n) is 5.32. The predicted molar refractivity (Wildman–Crippen MR) is 107 cm³/mol. The second kappa shape index (κ2) is 9.93. The van der Waals surface area contributed by atoms with Crippen molar-refractivity contribution in [3.63, 3.8) is 0 Å². The van der Waals surface area contributed by atoms with Crippen LogP contribution in [0.25, 0.3) is 0 Å². The Morgan fingerprint density at radius 1 is 1.04 bits per heavy atom. The maximum absolute atomic E-state index is 12.4. The van der Waals surface area contributed by atoms with Gasteiger partial charge in [0.05, 0.1) is 5.92 Å². The average molecular weight is 381 g/mol. The van der Waals surface area contributed by atoms with Gasteiger partial charge in [-0.2, -0.15) is 0 Å². The van der Waals surface area contributed by atoms with Gasteiger partial charge in [-0.1, -0.05) is 56.0 Å². The van der Waals surface area contributed by atoms with Crippen LogP contribution in [0.3, 0.4) is 0 Å². The summed E-state index contributed by atoms with van der Waals surface area (Å²) in [6.07, 6.45) is 5.20. The lowest BCUT2D eigenvalue weighted by atomic mass is 9.93. The van der Waals surface area contributed by atoms with Crippen molar-refractivity contribution < 1.29 is 19.4 Å². The third kappa shape index (κ3) is 5.84. The Morgan fingerprint density at radius 2 is 1.71 bits per heavy atom. The Morgan fingerprint density at radius 3 is 2.36 bits per heavy atom. The van der Waals surface area contributed by atoms with Gasteiger partial charge in [-0.25, -0.2) is 0 Å². The molecule has 1 unspecified atom stereocenters. The van der Waals surface area contributed by atoms with E-state index in [1.54, 1.807) is 24.3 Å². The topological polar surface area (TPSA) is 75.6 Å². The van der Waals surface area contributed by atoms with E-state index in [9.17, 15) is 14.7 Å². The first-order valence-electron chi connectivity index (χ1n) is 9.89. The summed E-state index contributed by atoms with van der Waals surface area (Å²) in [5.74, 6) is -0.464. The van der Waals surface area contributed by atoms with Crippen molar-refractivity contribution in [3.8, 4) is 5.75 Å². The maximum Gasteiger partial charge on any atom is 0.308 e. The minimum atomic E-state index is -0.836. The molecular formula is C23H27NO4. The maximum atomic E-state index is 12.4. The zero-order chi connectivity index (χ0) is 19.8. The molecule has 3 rings (SSSR count). The van der Waals surface area contributed by atoms with Crippen LogP contribution < -0.4 is 10.1 Å². The molecule has 0 bridgehead atoms. The fourth-order valence-corrected chi connectivity index (χ4v) is 3.68. The van der Waals surface area contributed by atoms with Crippen LogP contribution in [0.5, 0.6) is 5.75 Å². The standard InChI is InChI=1S/C23H27NO4/c25-22(24-15-20(23(26)27)14-17-6-4-5-7-17)19-10-12-21(13-11-19)28-16-18-8-2-1-3-9-18/h1-3,8-13,17,20H,4-7,14-16H2,(H,24,25)(H,26,27). The number of carbonyl (C=O) groups excluding carboxylic acids is 1. The molecule has 0 heterocycles. The van der Waals surface area contributed by atoms with Gasteiger partial charge in [-0.05, 0) is 42.2 Å². The van der Waals surface area contributed by atoms with Gasteiger partial charge in [0.1, 0.15) is 12.4 Å². The van der Waals surface area contributed by atoms with Crippen molar-refractivity contribution in [1.29, 1.82) is 0 Å². The summed E-state index contributed by atoms with van der Waals surface area (Å²) in [6.45, 7) is 0.630. The lowest BCUT2D eigenvalue weighted by Gasteiger charge is -2.17. The number of nitrogens with one attached hydrogen (secondary N) is 1. The number of carboxylic acid groups (broad SMARTS) is 1. The smallest absolute Gasteiger partial charge is 0.308 e. The van der Waals surface area contributed by atoms with Gasteiger partial charge >= 0.3 is 5.97 Å². The van der Waals surface area contributed by atoms with Gasteiger partial charge in [0.15, 0.2) is 0 Å². The number of benzene rings is 2. The molecule has 2 aromatic carbocycles. The molecule has 0 aromatic heterocycles. The summed E-state index contributed by atoms with van der Waals surface area (Å²) >= 11 is 0. The molecule has 1 fully saturated rings. The highest BCUT2D eigenvalue weighted by atomic mass is 16.5. The first kappa shape index (κ1) is 19.9. The van der Waals surface area contributed by atoms with Crippen LogP contribution in [0.4, 0.5) is 0 Å². The lowest BCUT2D eigenvalue weighted by molar-refractivity contribution is -0.142. The quantitative estimate of drug-likeness (QED) is 0.680. The number of hydrogen-bond acceptors (Lipinski definition) is 3. The number of ether oxygens (including phenoxy) is 1. The fraction of sp³-hybridized carbons (Fsp3) is 0.391. The number of hydrogen-bond donors (Lipinski definition) is 2. The zero-order valence-corrected chi connectivity index (χ0v) is 16.0. The van der Waals surface area contributed by atoms with Crippen molar-refractivity contribution in [1.82, 2.24) is 5.32 Å². The Labute approximate surface area is 165 Å². The van der Waals surface area contributed by atoms with Gasteiger partial charge < -0.3 is 15.2 Å².